The summed E-state index contributed by atoms with van der Waals surface area (Å²) in [6, 6.07) is 7.97. The van der Waals surface area contributed by atoms with Crippen molar-refractivity contribution in [2.75, 3.05) is 0 Å². The topological polar surface area (TPSA) is 17.1 Å². The van der Waals surface area contributed by atoms with Crippen LogP contribution in [0.5, 0.6) is 0 Å². The number of hydrogen-bond acceptors (Lipinski definition) is 1. The molecule has 1 aromatic rings. The third kappa shape index (κ3) is 1.97. The van der Waals surface area contributed by atoms with Crippen LogP contribution in [-0.2, 0) is 6.42 Å². The lowest BCUT2D eigenvalue weighted by atomic mass is 9.91. The van der Waals surface area contributed by atoms with Gasteiger partial charge in [-0.1, -0.05) is 42.5 Å². The second-order valence-electron chi connectivity index (χ2n) is 4.90. The molecule has 0 aromatic heterocycles. The van der Waals surface area contributed by atoms with Crippen molar-refractivity contribution >= 4 is 5.78 Å². The summed E-state index contributed by atoms with van der Waals surface area (Å²) >= 11 is 0. The van der Waals surface area contributed by atoms with Crippen LogP contribution in [0.25, 0.3) is 0 Å². The van der Waals surface area contributed by atoms with Crippen molar-refractivity contribution in [2.45, 2.75) is 25.7 Å². The van der Waals surface area contributed by atoms with E-state index in [9.17, 15) is 4.79 Å². The van der Waals surface area contributed by atoms with Gasteiger partial charge in [0.15, 0.2) is 5.78 Å². The monoisotopic (exact) mass is 224 g/mol. The first kappa shape index (κ1) is 10.5. The molecule has 17 heavy (non-hydrogen) atoms. The lowest BCUT2D eigenvalue weighted by molar-refractivity contribution is 0.103. The van der Waals surface area contributed by atoms with Crippen LogP contribution in [0.2, 0.25) is 0 Å². The first-order valence-corrected chi connectivity index (χ1v) is 6.33. The second kappa shape index (κ2) is 4.33. The molecule has 1 heteroatoms. The molecule has 0 saturated carbocycles. The molecule has 1 atom stereocenters. The largest absolute Gasteiger partial charge is 0.289 e. The SMILES string of the molecule is O=C1/C(=C\[C@@H]2CC=CCC2)Cc2ccccc21. The molecule has 86 valence electrons. The highest BCUT2D eigenvalue weighted by Crippen LogP contribution is 2.29. The number of carbonyl (C=O) groups excluding carboxylic acids is 1. The smallest absolute Gasteiger partial charge is 0.189 e. The van der Waals surface area contributed by atoms with E-state index in [1.165, 1.54) is 12.0 Å². The number of carbonyl (C=O) groups is 1. The highest BCUT2D eigenvalue weighted by molar-refractivity contribution is 6.13. The molecular formula is C16H16O. The Hall–Kier alpha value is -1.63. The average molecular weight is 224 g/mol. The van der Waals surface area contributed by atoms with Crippen molar-refractivity contribution in [3.8, 4) is 0 Å². The molecule has 0 spiro atoms. The molecule has 0 N–H and O–H groups in total. The molecule has 0 bridgehead atoms. The van der Waals surface area contributed by atoms with Crippen LogP contribution in [0.4, 0.5) is 0 Å². The lowest BCUT2D eigenvalue weighted by Crippen LogP contribution is -2.03. The van der Waals surface area contributed by atoms with Gasteiger partial charge in [0.1, 0.15) is 0 Å². The fourth-order valence-corrected chi connectivity index (χ4v) is 2.74. The zero-order chi connectivity index (χ0) is 11.7. The predicted octanol–water partition coefficient (Wildman–Crippen LogP) is 3.71. The molecule has 0 radical (unpaired) electrons. The maximum Gasteiger partial charge on any atom is 0.189 e. The van der Waals surface area contributed by atoms with Gasteiger partial charge in [0.25, 0.3) is 0 Å². The molecule has 0 aliphatic heterocycles. The Labute approximate surface area is 102 Å². The molecule has 1 aromatic carbocycles. The molecule has 2 aliphatic carbocycles. The molecule has 0 unspecified atom stereocenters. The Morgan fingerprint density at radius 3 is 2.82 bits per heavy atom. The van der Waals surface area contributed by atoms with Gasteiger partial charge in [-0.2, -0.15) is 0 Å². The minimum absolute atomic E-state index is 0.246. The second-order valence-corrected chi connectivity index (χ2v) is 4.90. The van der Waals surface area contributed by atoms with E-state index in [1.54, 1.807) is 0 Å². The molecule has 2 aliphatic rings. The van der Waals surface area contributed by atoms with E-state index in [2.05, 4.69) is 24.3 Å². The van der Waals surface area contributed by atoms with Crippen molar-refractivity contribution in [1.82, 2.24) is 0 Å². The van der Waals surface area contributed by atoms with Crippen LogP contribution in [0.3, 0.4) is 0 Å². The van der Waals surface area contributed by atoms with E-state index in [4.69, 9.17) is 0 Å². The van der Waals surface area contributed by atoms with Crippen LogP contribution in [0.15, 0.2) is 48.1 Å². The van der Waals surface area contributed by atoms with Crippen LogP contribution in [0.1, 0.15) is 35.2 Å². The Bertz CT molecular complexity index is 508. The molecule has 1 nitrogen and oxygen atoms in total. The van der Waals surface area contributed by atoms with Gasteiger partial charge in [0, 0.05) is 17.6 Å². The minimum atomic E-state index is 0.246. The van der Waals surface area contributed by atoms with E-state index in [-0.39, 0.29) is 5.78 Å². The number of Topliss-reactive ketones (excluding diaryl/α,β-unsaturated/α-hetero) is 1. The predicted molar refractivity (Wildman–Crippen MR) is 69.0 cm³/mol. The zero-order valence-electron chi connectivity index (χ0n) is 9.86. The highest BCUT2D eigenvalue weighted by Gasteiger charge is 2.24. The number of hydrogen-bond donors (Lipinski definition) is 0. The molecule has 0 saturated heterocycles. The van der Waals surface area contributed by atoms with Crippen LogP contribution < -0.4 is 0 Å². The standard InChI is InChI=1S/C16H16O/c17-16-14(10-12-6-2-1-3-7-12)11-13-8-4-5-9-15(13)16/h1-2,4-5,8-10,12H,3,6-7,11H2/b14-10-/t12-/m1/s1. The number of allylic oxidation sites excluding steroid dienone is 4. The quantitative estimate of drug-likeness (QED) is 0.525. The van der Waals surface area contributed by atoms with Gasteiger partial charge in [-0.3, -0.25) is 4.79 Å². The summed E-state index contributed by atoms with van der Waals surface area (Å²) in [4.78, 5) is 12.2. The van der Waals surface area contributed by atoms with Gasteiger partial charge in [0.05, 0.1) is 0 Å². The van der Waals surface area contributed by atoms with Crippen molar-refractivity contribution in [1.29, 1.82) is 0 Å². The summed E-state index contributed by atoms with van der Waals surface area (Å²) in [5, 5.41) is 0. The van der Waals surface area contributed by atoms with Crippen LogP contribution in [-0.4, -0.2) is 5.78 Å². The van der Waals surface area contributed by atoms with Gasteiger partial charge in [0.2, 0.25) is 0 Å². The first-order valence-electron chi connectivity index (χ1n) is 6.33. The fourth-order valence-electron chi connectivity index (χ4n) is 2.74. The molecular weight excluding hydrogens is 208 g/mol. The lowest BCUT2D eigenvalue weighted by Gasteiger charge is -2.13. The summed E-state index contributed by atoms with van der Waals surface area (Å²) < 4.78 is 0. The number of fused-ring (bicyclic) bond motifs is 1. The molecule has 0 heterocycles. The van der Waals surface area contributed by atoms with Crippen LogP contribution >= 0.6 is 0 Å². The number of benzene rings is 1. The van der Waals surface area contributed by atoms with Gasteiger partial charge < -0.3 is 0 Å². The maximum absolute atomic E-state index is 12.2. The van der Waals surface area contributed by atoms with E-state index in [1.807, 2.05) is 18.2 Å². The Morgan fingerprint density at radius 2 is 2.06 bits per heavy atom. The average Bonchev–Trinajstić information content (AvgIpc) is 2.68. The van der Waals surface area contributed by atoms with Gasteiger partial charge in [-0.25, -0.2) is 0 Å². The van der Waals surface area contributed by atoms with Crippen molar-refractivity contribution in [3.05, 3.63) is 59.2 Å². The van der Waals surface area contributed by atoms with Gasteiger partial charge in [-0.15, -0.1) is 0 Å². The Morgan fingerprint density at radius 1 is 1.18 bits per heavy atom. The summed E-state index contributed by atoms with van der Waals surface area (Å²) in [6.45, 7) is 0. The maximum atomic E-state index is 12.2. The van der Waals surface area contributed by atoms with Crippen LogP contribution in [0, 0.1) is 5.92 Å². The van der Waals surface area contributed by atoms with Crippen molar-refractivity contribution in [2.24, 2.45) is 5.92 Å². The highest BCUT2D eigenvalue weighted by atomic mass is 16.1. The first-order chi connectivity index (χ1) is 8.34. The van der Waals surface area contributed by atoms with Crippen molar-refractivity contribution in [3.63, 3.8) is 0 Å². The number of rotatable bonds is 1. The summed E-state index contributed by atoms with van der Waals surface area (Å²) in [7, 11) is 0. The van der Waals surface area contributed by atoms with E-state index in [0.717, 1.165) is 30.4 Å². The third-order valence-electron chi connectivity index (χ3n) is 3.68. The van der Waals surface area contributed by atoms with E-state index in [0.29, 0.717) is 5.92 Å². The Kier molecular flexibility index (Phi) is 2.68. The summed E-state index contributed by atoms with van der Waals surface area (Å²) in [6.07, 6.45) is 10.9. The van der Waals surface area contributed by atoms with E-state index < -0.39 is 0 Å². The molecule has 0 amide bonds. The van der Waals surface area contributed by atoms with Gasteiger partial charge in [-0.05, 0) is 30.7 Å². The van der Waals surface area contributed by atoms with E-state index >= 15 is 0 Å². The zero-order valence-corrected chi connectivity index (χ0v) is 9.86. The normalized spacial score (nSPS) is 25.3. The number of ketones is 1. The van der Waals surface area contributed by atoms with Crippen molar-refractivity contribution < 1.29 is 4.79 Å². The molecule has 0 fully saturated rings. The van der Waals surface area contributed by atoms with Gasteiger partial charge >= 0.3 is 0 Å². The Balaban J connectivity index is 1.86. The fraction of sp³-hybridized carbons (Fsp3) is 0.312. The summed E-state index contributed by atoms with van der Waals surface area (Å²) in [5.41, 5.74) is 3.10. The minimum Gasteiger partial charge on any atom is -0.289 e. The summed E-state index contributed by atoms with van der Waals surface area (Å²) in [5.74, 6) is 0.809. The third-order valence-corrected chi connectivity index (χ3v) is 3.68. The molecule has 3 rings (SSSR count).